The molecule has 2 aromatic heterocycles. The van der Waals surface area contributed by atoms with Crippen molar-refractivity contribution in [2.75, 3.05) is 18.4 Å². The lowest BCUT2D eigenvalue weighted by molar-refractivity contribution is 0.0714. The van der Waals surface area contributed by atoms with Crippen LogP contribution in [0.3, 0.4) is 0 Å². The summed E-state index contributed by atoms with van der Waals surface area (Å²) in [5, 5.41) is 11.3. The summed E-state index contributed by atoms with van der Waals surface area (Å²) >= 11 is 0. The minimum atomic E-state index is -0.274. The first-order valence-electron chi connectivity index (χ1n) is 8.53. The topological polar surface area (TPSA) is 85.0 Å². The Morgan fingerprint density at radius 2 is 1.76 bits per heavy atom. The SMILES string of the molecule is Cc1nn(C)c(C)c1C(=O)Nc1cnn(C)c1C(=O)N1CCCCC1. The molecule has 3 heterocycles. The summed E-state index contributed by atoms with van der Waals surface area (Å²) in [7, 11) is 3.52. The van der Waals surface area contributed by atoms with Gasteiger partial charge in [-0.15, -0.1) is 0 Å². The number of likely N-dealkylation sites (tertiary alicyclic amines) is 1. The minimum Gasteiger partial charge on any atom is -0.337 e. The number of aryl methyl sites for hydroxylation is 3. The van der Waals surface area contributed by atoms with E-state index in [0.717, 1.165) is 38.0 Å². The third kappa shape index (κ3) is 3.16. The lowest BCUT2D eigenvalue weighted by Crippen LogP contribution is -2.37. The van der Waals surface area contributed by atoms with Crippen LogP contribution in [0.4, 0.5) is 5.69 Å². The van der Waals surface area contributed by atoms with E-state index in [-0.39, 0.29) is 11.8 Å². The molecule has 0 radical (unpaired) electrons. The molecule has 3 rings (SSSR count). The van der Waals surface area contributed by atoms with E-state index >= 15 is 0 Å². The highest BCUT2D eigenvalue weighted by Gasteiger charge is 2.26. The summed E-state index contributed by atoms with van der Waals surface area (Å²) < 4.78 is 3.20. The molecule has 0 saturated carbocycles. The molecule has 25 heavy (non-hydrogen) atoms. The first kappa shape index (κ1) is 17.2. The Labute approximate surface area is 146 Å². The number of anilines is 1. The maximum absolute atomic E-state index is 12.9. The van der Waals surface area contributed by atoms with E-state index in [2.05, 4.69) is 15.5 Å². The molecule has 8 heteroatoms. The molecule has 1 fully saturated rings. The molecular weight excluding hydrogens is 320 g/mol. The van der Waals surface area contributed by atoms with Crippen molar-refractivity contribution in [1.82, 2.24) is 24.5 Å². The van der Waals surface area contributed by atoms with Crippen LogP contribution in [0, 0.1) is 13.8 Å². The van der Waals surface area contributed by atoms with Crippen LogP contribution in [0.1, 0.15) is 51.5 Å². The molecule has 2 amide bonds. The number of nitrogens with zero attached hydrogens (tertiary/aromatic N) is 5. The molecule has 1 N–H and O–H groups in total. The predicted molar refractivity (Wildman–Crippen MR) is 93.6 cm³/mol. The quantitative estimate of drug-likeness (QED) is 0.917. The average molecular weight is 344 g/mol. The monoisotopic (exact) mass is 344 g/mol. The van der Waals surface area contributed by atoms with Crippen LogP contribution in [0.15, 0.2) is 6.20 Å². The number of carbonyl (C=O) groups excluding carboxylic acids is 2. The second-order valence-electron chi connectivity index (χ2n) is 6.51. The molecule has 0 aliphatic carbocycles. The van der Waals surface area contributed by atoms with E-state index in [0.29, 0.717) is 22.6 Å². The van der Waals surface area contributed by atoms with Gasteiger partial charge < -0.3 is 10.2 Å². The number of amides is 2. The van der Waals surface area contributed by atoms with Gasteiger partial charge in [-0.3, -0.25) is 19.0 Å². The van der Waals surface area contributed by atoms with Gasteiger partial charge in [-0.2, -0.15) is 10.2 Å². The summed E-state index contributed by atoms with van der Waals surface area (Å²) in [5.74, 6) is -0.363. The first-order chi connectivity index (χ1) is 11.9. The maximum Gasteiger partial charge on any atom is 0.274 e. The molecule has 0 bridgehead atoms. The zero-order valence-electron chi connectivity index (χ0n) is 15.2. The Bertz CT molecular complexity index is 813. The van der Waals surface area contributed by atoms with Crippen molar-refractivity contribution < 1.29 is 9.59 Å². The fraction of sp³-hybridized carbons (Fsp3) is 0.529. The largest absolute Gasteiger partial charge is 0.337 e. The molecular formula is C17H24N6O2. The van der Waals surface area contributed by atoms with Gasteiger partial charge in [0.15, 0.2) is 0 Å². The summed E-state index contributed by atoms with van der Waals surface area (Å²) in [6, 6.07) is 0. The van der Waals surface area contributed by atoms with Gasteiger partial charge in [-0.25, -0.2) is 0 Å². The second kappa shape index (κ2) is 6.70. The van der Waals surface area contributed by atoms with Crippen LogP contribution in [0.2, 0.25) is 0 Å². The summed E-state index contributed by atoms with van der Waals surface area (Å²) in [6.07, 6.45) is 4.70. The Morgan fingerprint density at radius 3 is 2.36 bits per heavy atom. The van der Waals surface area contributed by atoms with E-state index in [4.69, 9.17) is 0 Å². The van der Waals surface area contributed by atoms with Crippen molar-refractivity contribution in [3.63, 3.8) is 0 Å². The normalized spacial score (nSPS) is 14.6. The third-order valence-corrected chi connectivity index (χ3v) is 4.77. The molecule has 0 aromatic carbocycles. The molecule has 0 unspecified atom stereocenters. The molecule has 134 valence electrons. The molecule has 1 saturated heterocycles. The Balaban J connectivity index is 1.86. The van der Waals surface area contributed by atoms with Crippen molar-refractivity contribution >= 4 is 17.5 Å². The van der Waals surface area contributed by atoms with E-state index in [9.17, 15) is 9.59 Å². The van der Waals surface area contributed by atoms with Crippen LogP contribution in [-0.4, -0.2) is 49.4 Å². The highest BCUT2D eigenvalue weighted by Crippen LogP contribution is 2.21. The van der Waals surface area contributed by atoms with Crippen molar-refractivity contribution in [3.8, 4) is 0 Å². The molecule has 2 aromatic rings. The molecule has 8 nitrogen and oxygen atoms in total. The smallest absolute Gasteiger partial charge is 0.274 e. The van der Waals surface area contributed by atoms with Gasteiger partial charge in [0.05, 0.1) is 23.1 Å². The summed E-state index contributed by atoms with van der Waals surface area (Å²) in [5.41, 5.74) is 2.82. The Morgan fingerprint density at radius 1 is 1.08 bits per heavy atom. The second-order valence-corrected chi connectivity index (χ2v) is 6.51. The number of rotatable bonds is 3. The van der Waals surface area contributed by atoms with Crippen LogP contribution in [0.25, 0.3) is 0 Å². The van der Waals surface area contributed by atoms with E-state index in [1.165, 1.54) is 10.9 Å². The van der Waals surface area contributed by atoms with E-state index in [1.54, 1.807) is 25.7 Å². The van der Waals surface area contributed by atoms with E-state index < -0.39 is 0 Å². The number of hydrogen-bond acceptors (Lipinski definition) is 4. The van der Waals surface area contributed by atoms with Crippen LogP contribution >= 0.6 is 0 Å². The van der Waals surface area contributed by atoms with Gasteiger partial charge in [-0.05, 0) is 33.1 Å². The lowest BCUT2D eigenvalue weighted by Gasteiger charge is -2.27. The van der Waals surface area contributed by atoms with Crippen molar-refractivity contribution in [2.24, 2.45) is 14.1 Å². The summed E-state index contributed by atoms with van der Waals surface area (Å²) in [4.78, 5) is 27.4. The van der Waals surface area contributed by atoms with Gasteiger partial charge >= 0.3 is 0 Å². The lowest BCUT2D eigenvalue weighted by atomic mass is 10.1. The van der Waals surface area contributed by atoms with Crippen molar-refractivity contribution in [2.45, 2.75) is 33.1 Å². The molecule has 1 aliphatic rings. The van der Waals surface area contributed by atoms with Gasteiger partial charge in [0.2, 0.25) is 0 Å². The van der Waals surface area contributed by atoms with E-state index in [1.807, 2.05) is 11.8 Å². The fourth-order valence-corrected chi connectivity index (χ4v) is 3.32. The maximum atomic E-state index is 12.9. The average Bonchev–Trinajstić information content (AvgIpc) is 3.07. The van der Waals surface area contributed by atoms with Gasteiger partial charge in [-0.1, -0.05) is 0 Å². The van der Waals surface area contributed by atoms with Crippen molar-refractivity contribution in [1.29, 1.82) is 0 Å². The molecule has 1 aliphatic heterocycles. The van der Waals surface area contributed by atoms with Gasteiger partial charge in [0, 0.05) is 32.9 Å². The first-order valence-corrected chi connectivity index (χ1v) is 8.53. The van der Waals surface area contributed by atoms with Crippen LogP contribution in [0.5, 0.6) is 0 Å². The van der Waals surface area contributed by atoms with Gasteiger partial charge in [0.1, 0.15) is 5.69 Å². The zero-order valence-corrected chi connectivity index (χ0v) is 15.2. The standard InChI is InChI=1S/C17H24N6O2/c1-11-14(12(2)21(3)20-11)16(24)19-13-10-18-22(4)15(13)17(25)23-8-6-5-7-9-23/h10H,5-9H2,1-4H3,(H,19,24). The highest BCUT2D eigenvalue weighted by molar-refractivity contribution is 6.09. The van der Waals surface area contributed by atoms with Gasteiger partial charge in [0.25, 0.3) is 11.8 Å². The minimum absolute atomic E-state index is 0.0883. The third-order valence-electron chi connectivity index (χ3n) is 4.77. The number of aromatic nitrogens is 4. The molecule has 0 spiro atoms. The van der Waals surface area contributed by atoms with Crippen LogP contribution < -0.4 is 5.32 Å². The fourth-order valence-electron chi connectivity index (χ4n) is 3.32. The summed E-state index contributed by atoms with van der Waals surface area (Å²) in [6.45, 7) is 5.14. The van der Waals surface area contributed by atoms with Crippen molar-refractivity contribution in [3.05, 3.63) is 28.8 Å². The number of carbonyl (C=O) groups is 2. The number of hydrogen-bond donors (Lipinski definition) is 1. The number of piperidine rings is 1. The Kier molecular flexibility index (Phi) is 4.61. The zero-order chi connectivity index (χ0) is 18.1. The van der Waals surface area contributed by atoms with Crippen LogP contribution in [-0.2, 0) is 14.1 Å². The molecule has 0 atom stereocenters. The highest BCUT2D eigenvalue weighted by atomic mass is 16.2. The Hall–Kier alpha value is -2.64. The number of nitrogens with one attached hydrogen (secondary N) is 1. The predicted octanol–water partition coefficient (Wildman–Crippen LogP) is 1.65.